The van der Waals surface area contributed by atoms with Crippen molar-refractivity contribution in [3.05, 3.63) is 59.4 Å². The van der Waals surface area contributed by atoms with Gasteiger partial charge in [0.05, 0.1) is 0 Å². The lowest BCUT2D eigenvalue weighted by molar-refractivity contribution is 0.0982. The van der Waals surface area contributed by atoms with Gasteiger partial charge in [-0.2, -0.15) is 0 Å². The number of Topliss-reactive ketones (excluding diaryl/α,β-unsaturated/α-hetero) is 1. The maximum Gasteiger partial charge on any atom is 0.188 e. The molecule has 2 aliphatic heterocycles. The van der Waals surface area contributed by atoms with E-state index in [9.17, 15) is 4.79 Å². The van der Waals surface area contributed by atoms with Crippen molar-refractivity contribution >= 4 is 17.4 Å². The Morgan fingerprint density at radius 2 is 1.71 bits per heavy atom. The smallest absolute Gasteiger partial charge is 0.188 e. The number of guanidine groups is 1. The van der Waals surface area contributed by atoms with Gasteiger partial charge in [0.2, 0.25) is 0 Å². The first kappa shape index (κ1) is 21.3. The lowest BCUT2D eigenvalue weighted by atomic mass is 10.0. The first-order valence-corrected chi connectivity index (χ1v) is 11.2. The van der Waals surface area contributed by atoms with Crippen LogP contribution in [-0.2, 0) is 13.0 Å². The van der Waals surface area contributed by atoms with Gasteiger partial charge in [0.15, 0.2) is 11.7 Å². The van der Waals surface area contributed by atoms with E-state index in [2.05, 4.69) is 33.0 Å². The molecule has 1 aromatic carbocycles. The van der Waals surface area contributed by atoms with Crippen LogP contribution in [-0.4, -0.2) is 65.8 Å². The zero-order valence-electron chi connectivity index (χ0n) is 18.1. The molecule has 0 amide bonds. The molecular weight excluding hydrogens is 388 g/mol. The van der Waals surface area contributed by atoms with Crippen LogP contribution < -0.4 is 10.6 Å². The van der Waals surface area contributed by atoms with Gasteiger partial charge in [-0.25, -0.2) is 0 Å². The number of nitrogens with one attached hydrogen (secondary N) is 1. The molecule has 2 saturated heterocycles. The third-order valence-corrected chi connectivity index (χ3v) is 6.34. The van der Waals surface area contributed by atoms with Gasteiger partial charge in [0, 0.05) is 75.4 Å². The van der Waals surface area contributed by atoms with Crippen LogP contribution in [0.25, 0.3) is 0 Å². The van der Waals surface area contributed by atoms with E-state index in [4.69, 9.17) is 11.1 Å². The van der Waals surface area contributed by atoms with Gasteiger partial charge in [-0.05, 0) is 55.2 Å². The fraction of sp³-hybridized carbons (Fsp3) is 0.458. The average Bonchev–Trinajstić information content (AvgIpc) is 3.34. The average molecular weight is 421 g/mol. The molecule has 1 aromatic heterocycles. The van der Waals surface area contributed by atoms with Crippen LogP contribution in [0.2, 0.25) is 0 Å². The van der Waals surface area contributed by atoms with Gasteiger partial charge in [-0.15, -0.1) is 0 Å². The summed E-state index contributed by atoms with van der Waals surface area (Å²) in [6.07, 6.45) is 5.42. The van der Waals surface area contributed by atoms with Crippen LogP contribution in [0.15, 0.2) is 42.6 Å². The number of aryl methyl sites for hydroxylation is 1. The highest BCUT2D eigenvalue weighted by atomic mass is 16.1. The van der Waals surface area contributed by atoms with E-state index >= 15 is 0 Å². The predicted octanol–water partition coefficient (Wildman–Crippen LogP) is 2.51. The molecule has 0 bridgehead atoms. The normalized spacial score (nSPS) is 17.2. The molecular formula is C24H32N6O. The largest absolute Gasteiger partial charge is 0.372 e. The maximum absolute atomic E-state index is 12.8. The first-order chi connectivity index (χ1) is 15.1. The lowest BCUT2D eigenvalue weighted by Crippen LogP contribution is -2.50. The summed E-state index contributed by atoms with van der Waals surface area (Å²) >= 11 is 0. The highest BCUT2D eigenvalue weighted by molar-refractivity contribution is 5.96. The Morgan fingerprint density at radius 1 is 1.00 bits per heavy atom. The summed E-state index contributed by atoms with van der Waals surface area (Å²) in [5, 5.41) is 7.57. The number of rotatable bonds is 7. The second kappa shape index (κ2) is 9.92. The number of hydrogen-bond acceptors (Lipinski definition) is 5. The Kier molecular flexibility index (Phi) is 6.82. The van der Waals surface area contributed by atoms with Crippen molar-refractivity contribution in [1.82, 2.24) is 14.8 Å². The number of benzene rings is 1. The molecule has 2 aliphatic rings. The van der Waals surface area contributed by atoms with Crippen molar-refractivity contribution in [3.8, 4) is 0 Å². The van der Waals surface area contributed by atoms with Crippen molar-refractivity contribution in [1.29, 1.82) is 5.41 Å². The SMILES string of the molecule is N=C(N)N1CCN(Cc2cccnc2CCC(=O)c2ccc(N3CCCC3)cc2)CC1. The summed E-state index contributed by atoms with van der Waals surface area (Å²) in [4.78, 5) is 24.0. The third kappa shape index (κ3) is 5.41. The van der Waals surface area contributed by atoms with Crippen molar-refractivity contribution in [3.63, 3.8) is 0 Å². The minimum atomic E-state index is 0.147. The molecule has 0 unspecified atom stereocenters. The molecule has 0 aliphatic carbocycles. The molecule has 2 fully saturated rings. The number of carbonyl (C=O) groups excluding carboxylic acids is 1. The fourth-order valence-electron chi connectivity index (χ4n) is 4.44. The third-order valence-electron chi connectivity index (χ3n) is 6.34. The molecule has 4 rings (SSSR count). The molecule has 2 aromatic rings. The van der Waals surface area contributed by atoms with Crippen LogP contribution in [0.3, 0.4) is 0 Å². The molecule has 7 heteroatoms. The zero-order valence-corrected chi connectivity index (χ0v) is 18.1. The standard InChI is InChI=1S/C24H32N6O/c25-24(26)30-16-14-28(15-17-30)18-20-4-3-11-27-22(20)9-10-23(31)19-5-7-21(8-6-19)29-12-1-2-13-29/h3-8,11H,1-2,9-10,12-18H2,(H3,25,26). The van der Waals surface area contributed by atoms with Gasteiger partial charge in [0.1, 0.15) is 0 Å². The number of aromatic nitrogens is 1. The number of pyridine rings is 1. The number of nitrogens with zero attached hydrogens (tertiary/aromatic N) is 4. The van der Waals surface area contributed by atoms with Gasteiger partial charge < -0.3 is 15.5 Å². The Morgan fingerprint density at radius 3 is 2.39 bits per heavy atom. The Labute approximate surface area is 184 Å². The van der Waals surface area contributed by atoms with E-state index in [1.807, 2.05) is 29.3 Å². The molecule has 0 radical (unpaired) electrons. The molecule has 3 N–H and O–H groups in total. The summed E-state index contributed by atoms with van der Waals surface area (Å²) in [5.74, 6) is 0.313. The summed E-state index contributed by atoms with van der Waals surface area (Å²) in [6.45, 7) is 6.33. The minimum Gasteiger partial charge on any atom is -0.372 e. The summed E-state index contributed by atoms with van der Waals surface area (Å²) < 4.78 is 0. The van der Waals surface area contributed by atoms with Crippen molar-refractivity contribution in [2.24, 2.45) is 5.73 Å². The van der Waals surface area contributed by atoms with E-state index < -0.39 is 0 Å². The molecule has 0 spiro atoms. The highest BCUT2D eigenvalue weighted by Gasteiger charge is 2.19. The van der Waals surface area contributed by atoms with E-state index in [0.717, 1.165) is 57.1 Å². The predicted molar refractivity (Wildman–Crippen MR) is 124 cm³/mol. The highest BCUT2D eigenvalue weighted by Crippen LogP contribution is 2.21. The van der Waals surface area contributed by atoms with Crippen LogP contribution in [0.1, 0.15) is 40.9 Å². The summed E-state index contributed by atoms with van der Waals surface area (Å²) in [6, 6.07) is 12.1. The molecule has 31 heavy (non-hydrogen) atoms. The quantitative estimate of drug-likeness (QED) is 0.406. The molecule has 164 valence electrons. The van der Waals surface area contributed by atoms with Gasteiger partial charge in [0.25, 0.3) is 0 Å². The second-order valence-corrected chi connectivity index (χ2v) is 8.42. The monoisotopic (exact) mass is 420 g/mol. The van der Waals surface area contributed by atoms with Crippen LogP contribution in [0, 0.1) is 5.41 Å². The number of nitrogens with two attached hydrogens (primary N) is 1. The van der Waals surface area contributed by atoms with Crippen molar-refractivity contribution < 1.29 is 4.79 Å². The van der Waals surface area contributed by atoms with E-state index in [-0.39, 0.29) is 11.7 Å². The molecule has 0 saturated carbocycles. The van der Waals surface area contributed by atoms with Crippen LogP contribution in [0.5, 0.6) is 0 Å². The number of anilines is 1. The maximum atomic E-state index is 12.8. The number of ketones is 1. The topological polar surface area (TPSA) is 89.5 Å². The lowest BCUT2D eigenvalue weighted by Gasteiger charge is -2.35. The Bertz CT molecular complexity index is 899. The van der Waals surface area contributed by atoms with E-state index in [1.165, 1.54) is 24.1 Å². The Hall–Kier alpha value is -2.93. The van der Waals surface area contributed by atoms with Crippen LogP contribution >= 0.6 is 0 Å². The van der Waals surface area contributed by atoms with Gasteiger partial charge >= 0.3 is 0 Å². The van der Waals surface area contributed by atoms with E-state index in [1.54, 1.807) is 0 Å². The van der Waals surface area contributed by atoms with E-state index in [0.29, 0.717) is 12.8 Å². The molecule has 3 heterocycles. The zero-order chi connectivity index (χ0) is 21.6. The number of hydrogen-bond donors (Lipinski definition) is 2. The molecule has 7 nitrogen and oxygen atoms in total. The number of piperazine rings is 1. The first-order valence-electron chi connectivity index (χ1n) is 11.2. The number of carbonyl (C=O) groups is 1. The Balaban J connectivity index is 1.32. The minimum absolute atomic E-state index is 0.147. The fourth-order valence-corrected chi connectivity index (χ4v) is 4.44. The summed E-state index contributed by atoms with van der Waals surface area (Å²) in [5.41, 5.74) is 9.76. The summed E-state index contributed by atoms with van der Waals surface area (Å²) in [7, 11) is 0. The van der Waals surface area contributed by atoms with Crippen molar-refractivity contribution in [2.45, 2.75) is 32.2 Å². The second-order valence-electron chi connectivity index (χ2n) is 8.42. The van der Waals surface area contributed by atoms with Gasteiger partial charge in [-0.3, -0.25) is 20.1 Å². The molecule has 0 atom stereocenters. The van der Waals surface area contributed by atoms with Crippen LogP contribution in [0.4, 0.5) is 5.69 Å². The van der Waals surface area contributed by atoms with Crippen molar-refractivity contribution in [2.75, 3.05) is 44.2 Å². The van der Waals surface area contributed by atoms with Gasteiger partial charge in [-0.1, -0.05) is 6.07 Å².